The molecular weight excluding hydrogens is 766 g/mol. The zero-order valence-electron chi connectivity index (χ0n) is 36.6. The second-order valence-electron chi connectivity index (χ2n) is 16.8. The number of hydrogen-bond donors (Lipinski definition) is 6. The molecule has 3 aliphatic rings. The summed E-state index contributed by atoms with van der Waals surface area (Å²) >= 11 is 0. The van der Waals surface area contributed by atoms with Gasteiger partial charge in [-0.3, -0.25) is 0 Å². The van der Waals surface area contributed by atoms with E-state index < -0.39 is 97.0 Å². The van der Waals surface area contributed by atoms with Crippen molar-refractivity contribution in [1.82, 2.24) is 0 Å². The van der Waals surface area contributed by atoms with Crippen molar-refractivity contribution in [3.05, 3.63) is 59.4 Å². The summed E-state index contributed by atoms with van der Waals surface area (Å²) in [5.41, 5.74) is 6.77. The molecule has 7 N–H and O–H groups in total. The first-order valence-corrected chi connectivity index (χ1v) is 20.7. The number of primary amides is 1. The monoisotopic (exact) mass is 837 g/mol. The van der Waals surface area contributed by atoms with E-state index in [9.17, 15) is 35.1 Å². The molecule has 17 atom stereocenters. The van der Waals surface area contributed by atoms with Gasteiger partial charge in [-0.25, -0.2) is 9.59 Å². The molecular formula is C44H71NO14. The largest absolute Gasteiger partial charge is 0.490 e. The first-order valence-electron chi connectivity index (χ1n) is 20.7. The molecule has 2 fully saturated rings. The Labute approximate surface area is 349 Å². The maximum Gasteiger partial charge on any atom is 0.404 e. The fourth-order valence-corrected chi connectivity index (χ4v) is 8.17. The number of ether oxygens (including phenoxy) is 7. The van der Waals surface area contributed by atoms with Gasteiger partial charge in [0.1, 0.15) is 12.2 Å². The Bertz CT molecular complexity index is 1520. The van der Waals surface area contributed by atoms with Crippen LogP contribution >= 0.6 is 0 Å². The molecule has 0 spiro atoms. The summed E-state index contributed by atoms with van der Waals surface area (Å²) in [6, 6.07) is 0. The number of hydrogen-bond acceptors (Lipinski definition) is 14. The normalized spacial score (nSPS) is 41.9. The van der Waals surface area contributed by atoms with Crippen LogP contribution in [0.25, 0.3) is 0 Å². The Balaban J connectivity index is 1.98. The quantitative estimate of drug-likeness (QED) is 0.133. The Morgan fingerprint density at radius 1 is 1.05 bits per heavy atom. The van der Waals surface area contributed by atoms with Gasteiger partial charge in [-0.15, -0.1) is 0 Å². The van der Waals surface area contributed by atoms with Crippen LogP contribution in [-0.2, 0) is 38.0 Å². The molecule has 0 bridgehead atoms. The Hall–Kier alpha value is -3.12. The molecule has 3 aliphatic heterocycles. The van der Waals surface area contributed by atoms with Crippen LogP contribution in [0.4, 0.5) is 4.79 Å². The molecule has 3 rings (SSSR count). The van der Waals surface area contributed by atoms with E-state index in [1.165, 1.54) is 20.3 Å². The van der Waals surface area contributed by atoms with Crippen molar-refractivity contribution in [2.45, 2.75) is 161 Å². The Kier molecular flexibility index (Phi) is 19.3. The van der Waals surface area contributed by atoms with Gasteiger partial charge in [-0.1, -0.05) is 82.2 Å². The summed E-state index contributed by atoms with van der Waals surface area (Å²) in [6.07, 6.45) is 1.79. The molecule has 0 aliphatic carbocycles. The lowest BCUT2D eigenvalue weighted by atomic mass is 9.77. The molecule has 3 heterocycles. The second-order valence-corrected chi connectivity index (χ2v) is 16.8. The van der Waals surface area contributed by atoms with Crippen molar-refractivity contribution in [1.29, 1.82) is 0 Å². The highest BCUT2D eigenvalue weighted by Crippen LogP contribution is 2.42. The Morgan fingerprint density at radius 2 is 1.73 bits per heavy atom. The topological polar surface area (TPSA) is 226 Å². The average Bonchev–Trinajstić information content (AvgIpc) is 3.16. The predicted molar refractivity (Wildman–Crippen MR) is 219 cm³/mol. The molecule has 59 heavy (non-hydrogen) atoms. The van der Waals surface area contributed by atoms with E-state index in [4.69, 9.17) is 38.9 Å². The molecule has 0 aromatic heterocycles. The van der Waals surface area contributed by atoms with E-state index in [2.05, 4.69) is 0 Å². The van der Waals surface area contributed by atoms with Crippen LogP contribution in [-0.4, -0.2) is 125 Å². The lowest BCUT2D eigenvalue weighted by Gasteiger charge is -2.49. The maximum absolute atomic E-state index is 13.8. The number of rotatable bonds is 10. The third-order valence-corrected chi connectivity index (χ3v) is 12.0. The maximum atomic E-state index is 13.8. The van der Waals surface area contributed by atoms with E-state index in [1.807, 2.05) is 40.7 Å². The zero-order valence-corrected chi connectivity index (χ0v) is 36.6. The van der Waals surface area contributed by atoms with Gasteiger partial charge in [-0.2, -0.15) is 0 Å². The van der Waals surface area contributed by atoms with Crippen LogP contribution in [0.1, 0.15) is 88.0 Å². The molecule has 2 saturated heterocycles. The summed E-state index contributed by atoms with van der Waals surface area (Å²) in [7, 11) is 2.80. The molecule has 15 heteroatoms. The molecule has 0 radical (unpaired) electrons. The summed E-state index contributed by atoms with van der Waals surface area (Å²) in [5, 5.41) is 57.0. The van der Waals surface area contributed by atoms with Crippen molar-refractivity contribution < 1.29 is 68.3 Å². The van der Waals surface area contributed by atoms with Crippen molar-refractivity contribution in [3.63, 3.8) is 0 Å². The molecule has 336 valence electrons. The number of nitrogens with two attached hydrogens (primary N) is 1. The van der Waals surface area contributed by atoms with E-state index in [0.29, 0.717) is 12.0 Å². The second kappa shape index (κ2) is 22.6. The van der Waals surface area contributed by atoms with Crippen LogP contribution in [0, 0.1) is 29.6 Å². The molecule has 17 unspecified atom stereocenters. The summed E-state index contributed by atoms with van der Waals surface area (Å²) in [4.78, 5) is 25.2. The number of esters is 1. The van der Waals surface area contributed by atoms with Gasteiger partial charge in [0, 0.05) is 50.0 Å². The number of aliphatic hydroxyl groups excluding tert-OH is 4. The van der Waals surface area contributed by atoms with E-state index >= 15 is 0 Å². The molecule has 0 aromatic carbocycles. The van der Waals surface area contributed by atoms with Gasteiger partial charge in [0.2, 0.25) is 5.76 Å². The fourth-order valence-electron chi connectivity index (χ4n) is 8.17. The molecule has 0 aromatic rings. The summed E-state index contributed by atoms with van der Waals surface area (Å²) in [6.45, 7) is 16.1. The summed E-state index contributed by atoms with van der Waals surface area (Å²) < 4.78 is 41.2. The Morgan fingerprint density at radius 3 is 2.32 bits per heavy atom. The highest BCUT2D eigenvalue weighted by Gasteiger charge is 2.52. The third-order valence-electron chi connectivity index (χ3n) is 12.0. The molecule has 15 nitrogen and oxygen atoms in total. The minimum absolute atomic E-state index is 0.0306. The van der Waals surface area contributed by atoms with Crippen molar-refractivity contribution in [2.24, 2.45) is 35.3 Å². The standard InChI is InChI=1S/C44H71NO14/c1-12-14-34-27(6)37(56-38-21-33(48)41(30(9)55-38)58-43(45)51)22-44(52,59-34)29(8)39(49)28(7)40-35(53-10)16-13-15-23(2)17-25(4)31(46)20-32(47)26(5)18-24(3)19-36(54-11)42(50)57-40/h12-16,18-19,25-35,37-41,46-49,52H,17,20-22H2,1-11H3,(H2,45,51)/b14-12+,16-13+,23-15+,24-18+,36-19-. The minimum Gasteiger partial charge on any atom is -0.490 e. The summed E-state index contributed by atoms with van der Waals surface area (Å²) in [5.74, 6) is -5.57. The predicted octanol–water partition coefficient (Wildman–Crippen LogP) is 4.35. The van der Waals surface area contributed by atoms with Crippen LogP contribution in [0.5, 0.6) is 0 Å². The van der Waals surface area contributed by atoms with E-state index in [0.717, 1.165) is 5.57 Å². The number of allylic oxidation sites excluding steroid dienone is 6. The number of aliphatic hydroxyl groups is 5. The van der Waals surface area contributed by atoms with Gasteiger partial charge in [0.05, 0.1) is 49.8 Å². The van der Waals surface area contributed by atoms with E-state index in [1.54, 1.807) is 58.1 Å². The molecule has 1 amide bonds. The fraction of sp³-hybridized carbons (Fsp3) is 0.727. The first kappa shape index (κ1) is 50.2. The van der Waals surface area contributed by atoms with Crippen LogP contribution in [0.2, 0.25) is 0 Å². The van der Waals surface area contributed by atoms with Gasteiger partial charge >= 0.3 is 12.1 Å². The average molecular weight is 838 g/mol. The highest BCUT2D eigenvalue weighted by molar-refractivity contribution is 5.87. The smallest absolute Gasteiger partial charge is 0.404 e. The van der Waals surface area contributed by atoms with Gasteiger partial charge in [0.15, 0.2) is 18.2 Å². The van der Waals surface area contributed by atoms with Crippen LogP contribution in [0.15, 0.2) is 59.4 Å². The van der Waals surface area contributed by atoms with E-state index in [-0.39, 0.29) is 42.8 Å². The van der Waals surface area contributed by atoms with Crippen LogP contribution in [0.3, 0.4) is 0 Å². The first-order chi connectivity index (χ1) is 27.7. The zero-order chi connectivity index (χ0) is 44.4. The van der Waals surface area contributed by atoms with Gasteiger partial charge < -0.3 is 64.4 Å². The number of carbonyl (C=O) groups is 2. The third kappa shape index (κ3) is 13.7. The lowest BCUT2D eigenvalue weighted by Crippen LogP contribution is -2.59. The molecule has 0 saturated carbocycles. The van der Waals surface area contributed by atoms with Crippen molar-refractivity contribution in [2.75, 3.05) is 14.2 Å². The lowest BCUT2D eigenvalue weighted by molar-refractivity contribution is -0.338. The SMILES string of the molecule is C/C=C/C1OC(O)(C(C)C(O)C(C)C2OC(=O)/C(OC)=C/C(C)=C/C(C)C(O)CC(O)C(C)C/C(C)=C/C=C/C2OC)CC(OC2CC(O)C(OC(N)=O)C(C)O2)C1C. The highest BCUT2D eigenvalue weighted by atomic mass is 16.7. The van der Waals surface area contributed by atoms with Crippen molar-refractivity contribution in [3.8, 4) is 0 Å². The minimum atomic E-state index is -1.97. The van der Waals surface area contributed by atoms with Gasteiger partial charge in [-0.05, 0) is 46.1 Å². The number of methoxy groups -OCH3 is 2. The number of cyclic esters (lactones) is 1. The number of carbonyl (C=O) groups excluding carboxylic acids is 2. The van der Waals surface area contributed by atoms with Gasteiger partial charge in [0.25, 0.3) is 0 Å². The number of amides is 1. The van der Waals surface area contributed by atoms with Crippen LogP contribution < -0.4 is 5.73 Å². The van der Waals surface area contributed by atoms with Crippen molar-refractivity contribution >= 4 is 12.1 Å².